The lowest BCUT2D eigenvalue weighted by Gasteiger charge is -2.31. The van der Waals surface area contributed by atoms with Gasteiger partial charge in [0.2, 0.25) is 0 Å². The second kappa shape index (κ2) is 8.36. The molecule has 29 heavy (non-hydrogen) atoms. The van der Waals surface area contributed by atoms with Crippen LogP contribution in [0.3, 0.4) is 0 Å². The standard InChI is InChI=1S/C25H22FNO2/c1-18-5-4-7-21(17-18)19-13-15-27(16-14-19)25(28)24-12-11-22(29-24)10-9-20-6-2-3-8-23(20)26/h2-8,11-12,17,19H,13-16H2,1H3. The summed E-state index contributed by atoms with van der Waals surface area (Å²) >= 11 is 0. The van der Waals surface area contributed by atoms with Crippen molar-refractivity contribution in [3.8, 4) is 11.8 Å². The molecule has 2 heterocycles. The van der Waals surface area contributed by atoms with Crippen LogP contribution in [0.15, 0.2) is 65.1 Å². The molecule has 0 atom stereocenters. The first-order chi connectivity index (χ1) is 14.1. The Kier molecular flexibility index (Phi) is 5.48. The molecule has 0 saturated carbocycles. The summed E-state index contributed by atoms with van der Waals surface area (Å²) in [4.78, 5) is 14.6. The predicted molar refractivity (Wildman–Crippen MR) is 110 cm³/mol. The molecule has 0 radical (unpaired) electrons. The number of amides is 1. The molecule has 0 aliphatic carbocycles. The van der Waals surface area contributed by atoms with Gasteiger partial charge >= 0.3 is 0 Å². The molecule has 0 spiro atoms. The molecule has 2 aromatic carbocycles. The van der Waals surface area contributed by atoms with Crippen LogP contribution in [0.1, 0.15) is 51.8 Å². The zero-order chi connectivity index (χ0) is 20.2. The number of piperidine rings is 1. The molecule has 3 nitrogen and oxygen atoms in total. The summed E-state index contributed by atoms with van der Waals surface area (Å²) in [5.41, 5.74) is 2.91. The number of rotatable bonds is 2. The van der Waals surface area contributed by atoms with Gasteiger partial charge in [0.05, 0.1) is 5.56 Å². The monoisotopic (exact) mass is 387 g/mol. The molecule has 1 saturated heterocycles. The minimum atomic E-state index is -0.376. The van der Waals surface area contributed by atoms with Crippen molar-refractivity contribution in [3.05, 3.63) is 94.7 Å². The van der Waals surface area contributed by atoms with Gasteiger partial charge in [-0.1, -0.05) is 47.9 Å². The molecule has 0 unspecified atom stereocenters. The Hall–Kier alpha value is -3.32. The molecule has 0 bridgehead atoms. The maximum Gasteiger partial charge on any atom is 0.289 e. The van der Waals surface area contributed by atoms with Crippen molar-refractivity contribution in [2.24, 2.45) is 0 Å². The van der Waals surface area contributed by atoms with Gasteiger partial charge < -0.3 is 9.32 Å². The van der Waals surface area contributed by atoms with Gasteiger partial charge in [0, 0.05) is 13.1 Å². The van der Waals surface area contributed by atoms with Gasteiger partial charge in [0.25, 0.3) is 5.91 Å². The lowest BCUT2D eigenvalue weighted by molar-refractivity contribution is 0.0680. The highest BCUT2D eigenvalue weighted by Gasteiger charge is 2.26. The van der Waals surface area contributed by atoms with E-state index in [2.05, 4.69) is 43.0 Å². The Morgan fingerprint density at radius 2 is 1.83 bits per heavy atom. The van der Waals surface area contributed by atoms with Gasteiger partial charge in [-0.15, -0.1) is 0 Å². The number of likely N-dealkylation sites (tertiary alicyclic amines) is 1. The van der Waals surface area contributed by atoms with Crippen LogP contribution in [0.5, 0.6) is 0 Å². The van der Waals surface area contributed by atoms with E-state index in [1.807, 2.05) is 4.90 Å². The third kappa shape index (κ3) is 4.41. The third-order valence-corrected chi connectivity index (χ3v) is 5.31. The Labute approximate surface area is 170 Å². The van der Waals surface area contributed by atoms with Gasteiger partial charge in [-0.2, -0.15) is 0 Å². The highest BCUT2D eigenvalue weighted by molar-refractivity contribution is 5.91. The summed E-state index contributed by atoms with van der Waals surface area (Å²) < 4.78 is 19.3. The quantitative estimate of drug-likeness (QED) is 0.570. The number of nitrogens with zero attached hydrogens (tertiary/aromatic N) is 1. The van der Waals surface area contributed by atoms with Crippen molar-refractivity contribution in [1.82, 2.24) is 4.90 Å². The normalized spacial score (nSPS) is 14.3. The van der Waals surface area contributed by atoms with E-state index < -0.39 is 0 Å². The van der Waals surface area contributed by atoms with Gasteiger partial charge in [0.15, 0.2) is 11.5 Å². The number of carbonyl (C=O) groups is 1. The van der Waals surface area contributed by atoms with Gasteiger partial charge in [0.1, 0.15) is 5.82 Å². The van der Waals surface area contributed by atoms with Gasteiger partial charge in [-0.25, -0.2) is 4.39 Å². The van der Waals surface area contributed by atoms with E-state index in [1.165, 1.54) is 17.2 Å². The second-order valence-electron chi connectivity index (χ2n) is 7.37. The van der Waals surface area contributed by atoms with Crippen molar-refractivity contribution >= 4 is 5.91 Å². The topological polar surface area (TPSA) is 33.5 Å². The van der Waals surface area contributed by atoms with Crippen molar-refractivity contribution < 1.29 is 13.6 Å². The summed E-state index contributed by atoms with van der Waals surface area (Å²) in [6.45, 7) is 3.51. The average molecular weight is 387 g/mol. The van der Waals surface area contributed by atoms with Crippen LogP contribution >= 0.6 is 0 Å². The molecule has 1 fully saturated rings. The molecule has 4 rings (SSSR count). The predicted octanol–water partition coefficient (Wildman–Crippen LogP) is 5.15. The van der Waals surface area contributed by atoms with E-state index >= 15 is 0 Å². The van der Waals surface area contributed by atoms with Crippen molar-refractivity contribution in [1.29, 1.82) is 0 Å². The molecule has 146 valence electrons. The minimum absolute atomic E-state index is 0.119. The fraction of sp³-hybridized carbons (Fsp3) is 0.240. The van der Waals surface area contributed by atoms with E-state index in [4.69, 9.17) is 4.42 Å². The van der Waals surface area contributed by atoms with Crippen LogP contribution in [-0.2, 0) is 0 Å². The number of carbonyl (C=O) groups excluding carboxylic acids is 1. The van der Waals surface area contributed by atoms with E-state index in [0.29, 0.717) is 30.3 Å². The lowest BCUT2D eigenvalue weighted by Crippen LogP contribution is -2.37. The summed E-state index contributed by atoms with van der Waals surface area (Å²) in [5, 5.41) is 0. The molecule has 1 aliphatic rings. The Morgan fingerprint density at radius 1 is 1.03 bits per heavy atom. The smallest absolute Gasteiger partial charge is 0.289 e. The molecule has 1 amide bonds. The van der Waals surface area contributed by atoms with Crippen molar-refractivity contribution in [2.75, 3.05) is 13.1 Å². The third-order valence-electron chi connectivity index (χ3n) is 5.31. The first kappa shape index (κ1) is 19.0. The van der Waals surface area contributed by atoms with Crippen LogP contribution in [0, 0.1) is 24.6 Å². The van der Waals surface area contributed by atoms with Gasteiger partial charge in [-0.05, 0) is 61.4 Å². The molecule has 1 aromatic heterocycles. The molecule has 3 aromatic rings. The van der Waals surface area contributed by atoms with Crippen LogP contribution in [0.2, 0.25) is 0 Å². The molecule has 0 N–H and O–H groups in total. The summed E-state index contributed by atoms with van der Waals surface area (Å²) in [7, 11) is 0. The van der Waals surface area contributed by atoms with Crippen molar-refractivity contribution in [2.45, 2.75) is 25.7 Å². The van der Waals surface area contributed by atoms with Crippen LogP contribution in [0.25, 0.3) is 0 Å². The average Bonchev–Trinajstić information content (AvgIpc) is 3.22. The fourth-order valence-corrected chi connectivity index (χ4v) is 3.71. The SMILES string of the molecule is Cc1cccc(C2CCN(C(=O)c3ccc(C#Cc4ccccc4F)o3)CC2)c1. The van der Waals surface area contributed by atoms with E-state index in [0.717, 1.165) is 12.8 Å². The molecule has 4 heteroatoms. The fourth-order valence-electron chi connectivity index (χ4n) is 3.71. The highest BCUT2D eigenvalue weighted by atomic mass is 19.1. The number of hydrogen-bond acceptors (Lipinski definition) is 2. The van der Waals surface area contributed by atoms with Crippen LogP contribution in [-0.4, -0.2) is 23.9 Å². The van der Waals surface area contributed by atoms with Crippen LogP contribution < -0.4 is 0 Å². The summed E-state index contributed by atoms with van der Waals surface area (Å²) in [5.74, 6) is 6.15. The highest BCUT2D eigenvalue weighted by Crippen LogP contribution is 2.29. The number of halogens is 1. The van der Waals surface area contributed by atoms with E-state index in [9.17, 15) is 9.18 Å². The Morgan fingerprint density at radius 3 is 2.59 bits per heavy atom. The largest absolute Gasteiger partial charge is 0.443 e. The van der Waals surface area contributed by atoms with Crippen LogP contribution in [0.4, 0.5) is 4.39 Å². The second-order valence-corrected chi connectivity index (χ2v) is 7.37. The summed E-state index contributed by atoms with van der Waals surface area (Å²) in [6.07, 6.45) is 1.88. The first-order valence-corrected chi connectivity index (χ1v) is 9.82. The zero-order valence-corrected chi connectivity index (χ0v) is 16.3. The minimum Gasteiger partial charge on any atom is -0.443 e. The number of furan rings is 1. The van der Waals surface area contributed by atoms with Gasteiger partial charge in [-0.3, -0.25) is 4.79 Å². The molecular weight excluding hydrogens is 365 g/mol. The van der Waals surface area contributed by atoms with Crippen molar-refractivity contribution in [3.63, 3.8) is 0 Å². The van der Waals surface area contributed by atoms with E-state index in [1.54, 1.807) is 30.3 Å². The lowest BCUT2D eigenvalue weighted by atomic mass is 9.88. The molecule has 1 aliphatic heterocycles. The zero-order valence-electron chi connectivity index (χ0n) is 16.3. The first-order valence-electron chi connectivity index (χ1n) is 9.82. The molecular formula is C25H22FNO2. The maximum atomic E-state index is 13.7. The summed E-state index contributed by atoms with van der Waals surface area (Å²) in [6, 6.07) is 18.2. The maximum absolute atomic E-state index is 13.7. The Balaban J connectivity index is 1.39. The number of aryl methyl sites for hydroxylation is 1. The number of benzene rings is 2. The number of hydrogen-bond donors (Lipinski definition) is 0. The van der Waals surface area contributed by atoms with E-state index in [-0.39, 0.29) is 17.5 Å². The Bertz CT molecular complexity index is 1080.